The zero-order valence-corrected chi connectivity index (χ0v) is 84.2. The number of hydrogen-bond donors (Lipinski definition) is 28. The number of primary amides is 3. The lowest BCUT2D eigenvalue weighted by Crippen LogP contribution is -2.62. The van der Waals surface area contributed by atoms with Gasteiger partial charge in [-0.25, -0.2) is 4.79 Å². The van der Waals surface area contributed by atoms with Crippen LogP contribution in [0.5, 0.6) is 5.75 Å². The molecule has 0 saturated heterocycles. The number of thiol groups is 2. The van der Waals surface area contributed by atoms with Gasteiger partial charge in [-0.1, -0.05) is 151 Å². The number of carbonyl (C=O) groups excluding carboxylic acids is 18. The first kappa shape index (κ1) is 119. The highest BCUT2D eigenvalue weighted by Gasteiger charge is 2.42. The summed E-state index contributed by atoms with van der Waals surface area (Å²) < 4.78 is 0. The Hall–Kier alpha value is -15.5. The van der Waals surface area contributed by atoms with Crippen LogP contribution in [0.2, 0.25) is 0 Å². The standard InChI is InChI=1S/C99H132N22O25S2/c1-50(2)37-74(99(145)146)117-97(143)82(51(3)4)121-94(140)73(45-79(104)125)116-96(142)75(48-147)118-90(136)68(39-54-21-11-8-12-22-54)113-91(137)70(41-56-46-105-62-25-15-13-23-59(56)62)114-86(132)65(32-34-77(102)123)108-92(138)72(44-78(103)124)115-85(131)64(27-17-18-36-100)107-88(134)67(38-53-19-9-7-10-20-53)112-89(135)69(40-55-28-30-58(122)31-29-55)111-87(133)66(33-35-80(126)127)109-95(141)76(49-148)119-98(144)83(52(5)6)120-93(139)71(110-84(130)61(101)43-81(128)129)42-57-47-106-63-26-16-14-24-60(57)63/h7-16,19-26,28-31,46-47,50-52,61,64-76,82-83,105-106,122,147-148H,17-18,27,32-45,48-49,100-101H2,1-6H3,(H2,102,123)(H2,103,124)(H2,104,125)(H,107,134)(H,108,138)(H,109,141)(H,110,130)(H,111,133)(H,112,135)(H,113,137)(H,114,132)(H,115,131)(H,116,142)(H,117,143)(H,118,136)(H,119,144)(H,120,139)(H,121,140)(H,126,127)(H,128,129)(H,145,146)/t61-,64-,65-,66-,67-,68-,69-,70-,71-,72-,73-,74-,75-,76-,82-,83-/m0/s1. The summed E-state index contributed by atoms with van der Waals surface area (Å²) in [7, 11) is 0. The number of nitrogens with two attached hydrogens (primary N) is 5. The van der Waals surface area contributed by atoms with Crippen molar-refractivity contribution in [3.63, 3.8) is 0 Å². The van der Waals surface area contributed by atoms with Gasteiger partial charge in [-0.2, -0.15) is 25.3 Å². The molecule has 2 heterocycles. The summed E-state index contributed by atoms with van der Waals surface area (Å²) in [5.74, 6) is -26.9. The first-order valence-corrected chi connectivity index (χ1v) is 49.1. The molecule has 7 aromatic rings. The van der Waals surface area contributed by atoms with E-state index in [1.807, 2.05) is 0 Å². The van der Waals surface area contributed by atoms with Crippen LogP contribution in [-0.2, 0) is 133 Å². The lowest BCUT2D eigenvalue weighted by atomic mass is 10.00. The summed E-state index contributed by atoms with van der Waals surface area (Å²) in [6, 6.07) is 8.08. The zero-order chi connectivity index (χ0) is 109. The van der Waals surface area contributed by atoms with Gasteiger partial charge >= 0.3 is 17.9 Å². The number of aromatic hydroxyl groups is 1. The van der Waals surface area contributed by atoms with Crippen molar-refractivity contribution in [2.75, 3.05) is 18.1 Å². The number of H-pyrrole nitrogens is 2. The molecule has 0 unspecified atom stereocenters. The fourth-order valence-corrected chi connectivity index (χ4v) is 16.3. The number of aliphatic carboxylic acids is 3. The SMILES string of the molecule is CC(C)C[C@H](NC(=O)[C@@H](NC(=O)[C@H](CC(N)=O)NC(=O)[C@H](CS)NC(=O)[C@H](Cc1ccccc1)NC(=O)[C@H](Cc1c[nH]c2ccccc12)NC(=O)[C@H](CCC(N)=O)NC(=O)[C@H](CC(N)=O)NC(=O)[C@H](CCCCN)NC(=O)[C@H](Cc1ccccc1)NC(=O)[C@H](Cc1ccc(O)cc1)NC(=O)[C@H](CCC(=O)O)NC(=O)[C@H](CS)NC(=O)[C@@H](NC(=O)[C@H](Cc1c[nH]c2ccccc12)NC(=O)[C@@H](N)CC(=O)O)C(C)C)C(C)C)C(=O)O. The topological polar surface area (TPSA) is 782 Å². The molecule has 18 amide bonds. The Morgan fingerprint density at radius 1 is 0.318 bits per heavy atom. The molecule has 0 saturated carbocycles. The molecule has 47 nitrogen and oxygen atoms in total. The third kappa shape index (κ3) is 38.8. The Morgan fingerprint density at radius 2 is 0.628 bits per heavy atom. The Kier molecular flexibility index (Phi) is 47.7. The van der Waals surface area contributed by atoms with Crippen molar-refractivity contribution in [3.8, 4) is 5.75 Å². The molecule has 0 aliphatic rings. The summed E-state index contributed by atoms with van der Waals surface area (Å²) >= 11 is 8.61. The van der Waals surface area contributed by atoms with Gasteiger partial charge in [-0.3, -0.25) is 95.9 Å². The third-order valence-corrected chi connectivity index (χ3v) is 24.5. The van der Waals surface area contributed by atoms with E-state index < -0.39 is 302 Å². The molecule has 0 fully saturated rings. The van der Waals surface area contributed by atoms with E-state index in [4.69, 9.17) is 28.7 Å². The van der Waals surface area contributed by atoms with Crippen LogP contribution >= 0.6 is 25.3 Å². The van der Waals surface area contributed by atoms with Crippen molar-refractivity contribution >= 4 is 171 Å². The van der Waals surface area contributed by atoms with Crippen LogP contribution in [0.25, 0.3) is 21.8 Å². The van der Waals surface area contributed by atoms with E-state index in [1.54, 1.807) is 129 Å². The average Bonchev–Trinajstić information content (AvgIpc) is 1.67. The number of carboxylic acids is 3. The molecule has 5 aromatic carbocycles. The molecule has 0 aliphatic heterocycles. The number of carboxylic acid groups (broad SMARTS) is 3. The Labute approximate surface area is 862 Å². The van der Waals surface area contributed by atoms with Crippen LogP contribution < -0.4 is 108 Å². The van der Waals surface area contributed by atoms with Crippen molar-refractivity contribution in [2.45, 2.75) is 241 Å². The minimum absolute atomic E-state index is 0.0256. The molecule has 0 spiro atoms. The maximum atomic E-state index is 15.3. The van der Waals surface area contributed by atoms with Gasteiger partial charge in [0.15, 0.2) is 0 Å². The fraction of sp³-hybridized carbons (Fsp3) is 0.444. The number of para-hydroxylation sites is 2. The van der Waals surface area contributed by atoms with Gasteiger partial charge in [0, 0.05) is 90.7 Å². The number of aromatic nitrogens is 2. The second kappa shape index (κ2) is 59.2. The number of carbonyl (C=O) groups is 21. The van der Waals surface area contributed by atoms with Crippen molar-refractivity contribution in [1.82, 2.24) is 89.7 Å². The lowest BCUT2D eigenvalue weighted by Gasteiger charge is -2.29. The summed E-state index contributed by atoms with van der Waals surface area (Å²) in [5.41, 5.74) is 32.0. The van der Waals surface area contributed by atoms with Crippen LogP contribution in [0.1, 0.15) is 140 Å². The van der Waals surface area contributed by atoms with E-state index in [1.165, 1.54) is 58.2 Å². The van der Waals surface area contributed by atoms with E-state index >= 15 is 24.0 Å². The van der Waals surface area contributed by atoms with Crippen LogP contribution in [0.3, 0.4) is 0 Å². The van der Waals surface area contributed by atoms with Crippen molar-refractivity contribution in [3.05, 3.63) is 174 Å². The van der Waals surface area contributed by atoms with Gasteiger partial charge < -0.3 is 139 Å². The van der Waals surface area contributed by atoms with E-state index in [0.717, 1.165) is 0 Å². The lowest BCUT2D eigenvalue weighted by molar-refractivity contribution is -0.143. The molecular formula is C99H132N22O25S2. The number of fused-ring (bicyclic) bond motifs is 2. The molecule has 800 valence electrons. The molecule has 0 bridgehead atoms. The summed E-state index contributed by atoms with van der Waals surface area (Å²) in [6.07, 6.45) is -4.08. The van der Waals surface area contributed by atoms with Gasteiger partial charge in [0.05, 0.1) is 25.3 Å². The maximum absolute atomic E-state index is 15.3. The molecule has 31 N–H and O–H groups in total. The Morgan fingerprint density at radius 3 is 0.993 bits per heavy atom. The summed E-state index contributed by atoms with van der Waals surface area (Å²) in [4.78, 5) is 300. The van der Waals surface area contributed by atoms with Crippen LogP contribution in [0, 0.1) is 17.8 Å². The third-order valence-electron chi connectivity index (χ3n) is 23.7. The molecule has 2 aromatic heterocycles. The molecule has 148 heavy (non-hydrogen) atoms. The first-order valence-electron chi connectivity index (χ1n) is 47.9. The molecular weight excluding hydrogens is 1960 g/mol. The molecule has 0 aliphatic carbocycles. The smallest absolute Gasteiger partial charge is 0.326 e. The van der Waals surface area contributed by atoms with Crippen molar-refractivity contribution < 1.29 is 121 Å². The number of rotatable bonds is 63. The van der Waals surface area contributed by atoms with E-state index in [0.29, 0.717) is 44.1 Å². The first-order chi connectivity index (χ1) is 70.1. The van der Waals surface area contributed by atoms with Crippen LogP contribution in [0.15, 0.2) is 146 Å². The van der Waals surface area contributed by atoms with E-state index in [-0.39, 0.29) is 68.7 Å². The molecule has 0 radical (unpaired) electrons. The van der Waals surface area contributed by atoms with Gasteiger partial charge in [0.2, 0.25) is 106 Å². The number of nitrogens with one attached hydrogen (secondary N) is 17. The summed E-state index contributed by atoms with van der Waals surface area (Å²) in [5, 5.41) is 78.4. The second-order valence-electron chi connectivity index (χ2n) is 36.7. The molecule has 49 heteroatoms. The minimum Gasteiger partial charge on any atom is -0.508 e. The molecule has 16 atom stereocenters. The van der Waals surface area contributed by atoms with Crippen LogP contribution in [0.4, 0.5) is 0 Å². The number of amides is 18. The normalized spacial score (nSPS) is 14.5. The minimum atomic E-state index is -2.05. The quantitative estimate of drug-likeness (QED) is 0.0136. The van der Waals surface area contributed by atoms with Gasteiger partial charge in [0.1, 0.15) is 96.4 Å². The predicted octanol–water partition coefficient (Wildman–Crippen LogP) is -2.75. The number of benzene rings is 5. The largest absolute Gasteiger partial charge is 0.508 e. The van der Waals surface area contributed by atoms with Crippen LogP contribution in [-0.4, -0.2) is 269 Å². The highest BCUT2D eigenvalue weighted by molar-refractivity contribution is 7.80. The number of aromatic amines is 2. The highest BCUT2D eigenvalue weighted by Crippen LogP contribution is 2.24. The Bertz CT molecular complexity index is 5830. The predicted molar refractivity (Wildman–Crippen MR) is 546 cm³/mol. The van der Waals surface area contributed by atoms with Gasteiger partial charge in [0.25, 0.3) is 0 Å². The monoisotopic (exact) mass is 2090 g/mol. The fourth-order valence-electron chi connectivity index (χ4n) is 15.8. The number of phenols is 1. The number of phenolic OH excluding ortho intramolecular Hbond substituents is 1. The second-order valence-corrected chi connectivity index (χ2v) is 37.5. The Balaban J connectivity index is 1.14. The highest BCUT2D eigenvalue weighted by atomic mass is 32.1. The molecule has 7 rings (SSSR count). The van der Waals surface area contributed by atoms with Crippen molar-refractivity contribution in [1.29, 1.82) is 0 Å². The van der Waals surface area contributed by atoms with Gasteiger partial charge in [-0.05, 0) is 115 Å². The van der Waals surface area contributed by atoms with Gasteiger partial charge in [-0.15, -0.1) is 0 Å². The number of hydrogen-bond acceptors (Lipinski definition) is 26. The van der Waals surface area contributed by atoms with Crippen molar-refractivity contribution in [2.24, 2.45) is 46.4 Å². The summed E-state index contributed by atoms with van der Waals surface area (Å²) in [6.45, 7) is 9.66. The average molecular weight is 2090 g/mol. The van der Waals surface area contributed by atoms with E-state index in [9.17, 15) is 97.1 Å². The number of unbranched alkanes of at least 4 members (excludes halogenated alkanes) is 1. The zero-order valence-electron chi connectivity index (χ0n) is 82.4. The van der Waals surface area contributed by atoms with E-state index in [2.05, 4.69) is 115 Å². The maximum Gasteiger partial charge on any atom is 0.326 e.